The Balaban J connectivity index is 1.94. The van der Waals surface area contributed by atoms with E-state index in [4.69, 9.17) is 9.47 Å². The minimum Gasteiger partial charge on any atom is -0.493 e. The zero-order valence-electron chi connectivity index (χ0n) is 17.0. The van der Waals surface area contributed by atoms with Gasteiger partial charge in [0, 0.05) is 18.4 Å². The highest BCUT2D eigenvalue weighted by atomic mass is 19.4. The molecule has 2 aromatic carbocycles. The van der Waals surface area contributed by atoms with Crippen molar-refractivity contribution in [1.29, 1.82) is 0 Å². The van der Waals surface area contributed by atoms with Crippen molar-refractivity contribution in [1.82, 2.24) is 5.32 Å². The molecule has 7 heteroatoms. The Morgan fingerprint density at radius 2 is 1.62 bits per heavy atom. The lowest BCUT2D eigenvalue weighted by Gasteiger charge is -2.26. The molecule has 0 bridgehead atoms. The Bertz CT molecular complexity index is 847. The molecule has 1 N–H and O–H groups in total. The van der Waals surface area contributed by atoms with Gasteiger partial charge in [0.25, 0.3) is 0 Å². The van der Waals surface area contributed by atoms with E-state index in [2.05, 4.69) is 5.32 Å². The van der Waals surface area contributed by atoms with Gasteiger partial charge >= 0.3 is 6.18 Å². The van der Waals surface area contributed by atoms with Crippen LogP contribution in [0.5, 0.6) is 11.5 Å². The van der Waals surface area contributed by atoms with Gasteiger partial charge in [0.1, 0.15) is 0 Å². The van der Waals surface area contributed by atoms with E-state index < -0.39 is 17.2 Å². The number of carbonyl (C=O) groups is 1. The highest BCUT2D eigenvalue weighted by Crippen LogP contribution is 2.32. The number of aryl methyl sites for hydroxylation is 1. The third-order valence-corrected chi connectivity index (χ3v) is 4.79. The SMILES string of the molecule is COc1ccc(CCC(=O)NCC(C)(C)c2cccc(C(F)(F)F)c2)cc1OC. The largest absolute Gasteiger partial charge is 0.493 e. The van der Waals surface area contributed by atoms with Crippen molar-refractivity contribution >= 4 is 5.91 Å². The molecule has 0 heterocycles. The molecule has 4 nitrogen and oxygen atoms in total. The van der Waals surface area contributed by atoms with E-state index in [9.17, 15) is 18.0 Å². The minimum atomic E-state index is -4.39. The quantitative estimate of drug-likeness (QED) is 0.685. The highest BCUT2D eigenvalue weighted by molar-refractivity contribution is 5.76. The fourth-order valence-electron chi connectivity index (χ4n) is 2.92. The molecule has 0 atom stereocenters. The number of hydrogen-bond donors (Lipinski definition) is 1. The van der Waals surface area contributed by atoms with Gasteiger partial charge in [0.2, 0.25) is 5.91 Å². The van der Waals surface area contributed by atoms with Crippen molar-refractivity contribution in [3.05, 3.63) is 59.2 Å². The average Bonchev–Trinajstić information content (AvgIpc) is 2.70. The average molecular weight is 409 g/mol. The number of hydrogen-bond acceptors (Lipinski definition) is 3. The van der Waals surface area contributed by atoms with Crippen molar-refractivity contribution in [2.45, 2.75) is 38.3 Å². The summed E-state index contributed by atoms with van der Waals surface area (Å²) in [5, 5.41) is 2.82. The van der Waals surface area contributed by atoms with E-state index in [0.29, 0.717) is 23.5 Å². The van der Waals surface area contributed by atoms with Crippen LogP contribution >= 0.6 is 0 Å². The topological polar surface area (TPSA) is 47.6 Å². The van der Waals surface area contributed by atoms with Gasteiger partial charge in [-0.2, -0.15) is 13.2 Å². The summed E-state index contributed by atoms with van der Waals surface area (Å²) in [5.41, 5.74) is 0.116. The van der Waals surface area contributed by atoms with Crippen LogP contribution in [0.4, 0.5) is 13.2 Å². The Morgan fingerprint density at radius 1 is 0.966 bits per heavy atom. The predicted molar refractivity (Wildman–Crippen MR) is 105 cm³/mol. The maximum absolute atomic E-state index is 12.9. The highest BCUT2D eigenvalue weighted by Gasteiger charge is 2.32. The lowest BCUT2D eigenvalue weighted by Crippen LogP contribution is -2.36. The van der Waals surface area contributed by atoms with Crippen LogP contribution in [0.25, 0.3) is 0 Å². The molecular weight excluding hydrogens is 383 g/mol. The molecule has 0 radical (unpaired) electrons. The summed E-state index contributed by atoms with van der Waals surface area (Å²) < 4.78 is 49.3. The van der Waals surface area contributed by atoms with Crippen LogP contribution in [0.1, 0.15) is 37.0 Å². The number of nitrogens with one attached hydrogen (secondary N) is 1. The Hall–Kier alpha value is -2.70. The molecule has 2 rings (SSSR count). The zero-order valence-corrected chi connectivity index (χ0v) is 17.0. The van der Waals surface area contributed by atoms with Crippen LogP contribution < -0.4 is 14.8 Å². The normalized spacial score (nSPS) is 11.8. The summed E-state index contributed by atoms with van der Waals surface area (Å²) in [6.07, 6.45) is -3.63. The van der Waals surface area contributed by atoms with Crippen molar-refractivity contribution < 1.29 is 27.4 Å². The minimum absolute atomic E-state index is 0.167. The summed E-state index contributed by atoms with van der Waals surface area (Å²) in [6, 6.07) is 10.7. The van der Waals surface area contributed by atoms with E-state index in [-0.39, 0.29) is 18.9 Å². The smallest absolute Gasteiger partial charge is 0.416 e. The summed E-state index contributed by atoms with van der Waals surface area (Å²) in [4.78, 5) is 12.3. The van der Waals surface area contributed by atoms with Gasteiger partial charge in [-0.3, -0.25) is 4.79 Å². The number of methoxy groups -OCH3 is 2. The summed E-state index contributed by atoms with van der Waals surface area (Å²) >= 11 is 0. The van der Waals surface area contributed by atoms with Crippen molar-refractivity contribution in [3.8, 4) is 11.5 Å². The number of carbonyl (C=O) groups excluding carboxylic acids is 1. The Labute approximate surface area is 169 Å². The number of ether oxygens (including phenoxy) is 2. The van der Waals surface area contributed by atoms with Gasteiger partial charge < -0.3 is 14.8 Å². The van der Waals surface area contributed by atoms with Crippen LogP contribution in [-0.2, 0) is 22.8 Å². The van der Waals surface area contributed by atoms with Crippen LogP contribution in [-0.4, -0.2) is 26.7 Å². The van der Waals surface area contributed by atoms with Gasteiger partial charge in [-0.05, 0) is 35.7 Å². The van der Waals surface area contributed by atoms with Crippen LogP contribution in [0.2, 0.25) is 0 Å². The zero-order chi connectivity index (χ0) is 21.7. The molecule has 2 aromatic rings. The first kappa shape index (κ1) is 22.6. The first-order chi connectivity index (χ1) is 13.6. The molecule has 0 aromatic heterocycles. The third kappa shape index (κ3) is 6.14. The van der Waals surface area contributed by atoms with E-state index in [1.165, 1.54) is 6.07 Å². The molecule has 1 amide bonds. The molecule has 0 aliphatic heterocycles. The monoisotopic (exact) mass is 409 g/mol. The van der Waals surface area contributed by atoms with Gasteiger partial charge in [0.05, 0.1) is 19.8 Å². The maximum Gasteiger partial charge on any atom is 0.416 e. The van der Waals surface area contributed by atoms with Gasteiger partial charge in [-0.25, -0.2) is 0 Å². The van der Waals surface area contributed by atoms with Crippen molar-refractivity contribution in [3.63, 3.8) is 0 Å². The van der Waals surface area contributed by atoms with E-state index >= 15 is 0 Å². The Kier molecular flexibility index (Phi) is 7.16. The predicted octanol–water partition coefficient (Wildman–Crippen LogP) is 4.75. The fraction of sp³-hybridized carbons (Fsp3) is 0.409. The molecule has 0 saturated carbocycles. The lowest BCUT2D eigenvalue weighted by molar-refractivity contribution is -0.137. The molecule has 0 aliphatic carbocycles. The second-order valence-corrected chi connectivity index (χ2v) is 7.43. The first-order valence-electron chi connectivity index (χ1n) is 9.22. The number of benzene rings is 2. The summed E-state index contributed by atoms with van der Waals surface area (Å²) in [5.74, 6) is 1.04. The van der Waals surface area contributed by atoms with Crippen LogP contribution in [0.15, 0.2) is 42.5 Å². The molecule has 0 spiro atoms. The molecule has 0 saturated heterocycles. The number of halogens is 3. The van der Waals surface area contributed by atoms with E-state index in [1.54, 1.807) is 40.2 Å². The van der Waals surface area contributed by atoms with E-state index in [1.807, 2.05) is 12.1 Å². The van der Waals surface area contributed by atoms with Crippen LogP contribution in [0, 0.1) is 0 Å². The van der Waals surface area contributed by atoms with Gasteiger partial charge in [-0.15, -0.1) is 0 Å². The molecule has 158 valence electrons. The molecule has 0 aliphatic rings. The number of rotatable bonds is 8. The van der Waals surface area contributed by atoms with Gasteiger partial charge in [-0.1, -0.05) is 38.1 Å². The molecule has 29 heavy (non-hydrogen) atoms. The van der Waals surface area contributed by atoms with Gasteiger partial charge in [0.15, 0.2) is 11.5 Å². The molecule has 0 unspecified atom stereocenters. The van der Waals surface area contributed by atoms with Crippen LogP contribution in [0.3, 0.4) is 0 Å². The molecular formula is C22H26F3NO3. The second kappa shape index (κ2) is 9.20. The standard InChI is InChI=1S/C22H26F3NO3/c1-21(2,16-6-5-7-17(13-16)22(23,24)25)14-26-20(27)11-9-15-8-10-18(28-3)19(12-15)29-4/h5-8,10,12-13H,9,11,14H2,1-4H3,(H,26,27). The summed E-state index contributed by atoms with van der Waals surface area (Å²) in [6.45, 7) is 3.84. The lowest BCUT2D eigenvalue weighted by atomic mass is 9.83. The van der Waals surface area contributed by atoms with Crippen molar-refractivity contribution in [2.24, 2.45) is 0 Å². The Morgan fingerprint density at radius 3 is 2.24 bits per heavy atom. The molecule has 0 fully saturated rings. The van der Waals surface area contributed by atoms with E-state index in [0.717, 1.165) is 17.7 Å². The third-order valence-electron chi connectivity index (χ3n) is 4.79. The van der Waals surface area contributed by atoms with Crippen molar-refractivity contribution in [2.75, 3.05) is 20.8 Å². The maximum atomic E-state index is 12.9. The first-order valence-corrected chi connectivity index (χ1v) is 9.22. The second-order valence-electron chi connectivity index (χ2n) is 7.43. The summed E-state index contributed by atoms with van der Waals surface area (Å²) in [7, 11) is 3.10. The fourth-order valence-corrected chi connectivity index (χ4v) is 2.92. The number of amides is 1. The number of alkyl halides is 3.